The lowest BCUT2D eigenvalue weighted by Gasteiger charge is -2.09. The molecule has 4 nitrogen and oxygen atoms in total. The van der Waals surface area contributed by atoms with Crippen LogP contribution in [0.4, 0.5) is 0 Å². The largest absolute Gasteiger partial charge is 0.480 e. The van der Waals surface area contributed by atoms with E-state index in [0.717, 1.165) is 0 Å². The van der Waals surface area contributed by atoms with Gasteiger partial charge in [0.1, 0.15) is 6.04 Å². The van der Waals surface area contributed by atoms with Gasteiger partial charge >= 0.3 is 5.97 Å². The molecule has 0 saturated carbocycles. The second-order valence-corrected chi connectivity index (χ2v) is 2.58. The lowest BCUT2D eigenvalue weighted by atomic mass is 10.1. The van der Waals surface area contributed by atoms with Crippen molar-refractivity contribution in [2.24, 2.45) is 5.73 Å². The molecule has 0 aromatic heterocycles. The topological polar surface area (TPSA) is 83.5 Å². The molecule has 4 heteroatoms. The zero-order valence-corrected chi connectivity index (χ0v) is 6.66. The Hall–Kier alpha value is -0.610. The SMILES string of the molecule is CC[C@H](O)CC[C@H](N)C(=O)O. The predicted octanol–water partition coefficient (Wildman–Crippen LogP) is -0.0506. The lowest BCUT2D eigenvalue weighted by molar-refractivity contribution is -0.138. The Morgan fingerprint density at radius 3 is 2.45 bits per heavy atom. The fraction of sp³-hybridized carbons (Fsp3) is 0.857. The van der Waals surface area contributed by atoms with Crippen molar-refractivity contribution in [3.05, 3.63) is 0 Å². The monoisotopic (exact) mass is 161 g/mol. The van der Waals surface area contributed by atoms with Crippen molar-refractivity contribution >= 4 is 5.97 Å². The normalized spacial score (nSPS) is 15.9. The van der Waals surface area contributed by atoms with Crippen molar-refractivity contribution in [1.82, 2.24) is 0 Å². The van der Waals surface area contributed by atoms with Crippen LogP contribution in [0.15, 0.2) is 0 Å². The number of nitrogens with two attached hydrogens (primary N) is 1. The number of aliphatic hydroxyl groups excluding tert-OH is 1. The third-order valence-corrected chi connectivity index (χ3v) is 1.60. The summed E-state index contributed by atoms with van der Waals surface area (Å²) in [6.07, 6.45) is 1.03. The van der Waals surface area contributed by atoms with Crippen LogP contribution in [0.25, 0.3) is 0 Å². The van der Waals surface area contributed by atoms with Crippen molar-refractivity contribution in [2.45, 2.75) is 38.3 Å². The highest BCUT2D eigenvalue weighted by molar-refractivity contribution is 5.72. The maximum Gasteiger partial charge on any atom is 0.320 e. The van der Waals surface area contributed by atoms with Gasteiger partial charge in [-0.25, -0.2) is 0 Å². The summed E-state index contributed by atoms with van der Waals surface area (Å²) >= 11 is 0. The van der Waals surface area contributed by atoms with Crippen molar-refractivity contribution in [3.8, 4) is 0 Å². The quantitative estimate of drug-likeness (QED) is 0.528. The third-order valence-electron chi connectivity index (χ3n) is 1.60. The molecule has 0 amide bonds. The summed E-state index contributed by atoms with van der Waals surface area (Å²) in [5, 5.41) is 17.4. The first-order chi connectivity index (χ1) is 5.07. The summed E-state index contributed by atoms with van der Waals surface area (Å²) in [5.41, 5.74) is 5.21. The Bertz CT molecular complexity index is 127. The summed E-state index contributed by atoms with van der Waals surface area (Å²) in [5.74, 6) is -1.01. The van der Waals surface area contributed by atoms with Gasteiger partial charge in [-0.2, -0.15) is 0 Å². The molecule has 66 valence electrons. The van der Waals surface area contributed by atoms with Crippen LogP contribution >= 0.6 is 0 Å². The van der Waals surface area contributed by atoms with Gasteiger partial charge in [0.15, 0.2) is 0 Å². The Morgan fingerprint density at radius 2 is 2.09 bits per heavy atom. The molecule has 0 heterocycles. The Morgan fingerprint density at radius 1 is 1.55 bits per heavy atom. The zero-order valence-electron chi connectivity index (χ0n) is 6.66. The molecule has 0 aliphatic rings. The third kappa shape index (κ3) is 4.75. The van der Waals surface area contributed by atoms with Gasteiger partial charge in [0.05, 0.1) is 6.10 Å². The summed E-state index contributed by atoms with van der Waals surface area (Å²) in [6.45, 7) is 1.84. The molecule has 0 spiro atoms. The molecule has 11 heavy (non-hydrogen) atoms. The van der Waals surface area contributed by atoms with Gasteiger partial charge < -0.3 is 15.9 Å². The number of carbonyl (C=O) groups is 1. The standard InChI is InChI=1S/C7H15NO3/c1-2-5(9)3-4-6(8)7(10)11/h5-6,9H,2-4,8H2,1H3,(H,10,11)/t5-,6-/m0/s1. The van der Waals surface area contributed by atoms with Crippen molar-refractivity contribution < 1.29 is 15.0 Å². The molecule has 0 aliphatic carbocycles. The molecule has 0 bridgehead atoms. The number of carboxylic acid groups (broad SMARTS) is 1. The van der Waals surface area contributed by atoms with Crippen LogP contribution in [-0.4, -0.2) is 28.3 Å². The van der Waals surface area contributed by atoms with Crippen molar-refractivity contribution in [2.75, 3.05) is 0 Å². The minimum atomic E-state index is -1.01. The van der Waals surface area contributed by atoms with Crippen molar-refractivity contribution in [1.29, 1.82) is 0 Å². The number of aliphatic hydroxyl groups is 1. The lowest BCUT2D eigenvalue weighted by Crippen LogP contribution is -2.30. The molecule has 0 aliphatic heterocycles. The van der Waals surface area contributed by atoms with E-state index in [1.165, 1.54) is 0 Å². The van der Waals surface area contributed by atoms with Gasteiger partial charge in [0.25, 0.3) is 0 Å². The van der Waals surface area contributed by atoms with E-state index >= 15 is 0 Å². The van der Waals surface area contributed by atoms with Gasteiger partial charge in [-0.05, 0) is 19.3 Å². The highest BCUT2D eigenvalue weighted by Gasteiger charge is 2.12. The first-order valence-electron chi connectivity index (χ1n) is 3.74. The Kier molecular flexibility index (Phi) is 4.81. The van der Waals surface area contributed by atoms with E-state index in [2.05, 4.69) is 0 Å². The van der Waals surface area contributed by atoms with E-state index in [1.807, 2.05) is 6.92 Å². The van der Waals surface area contributed by atoms with E-state index in [0.29, 0.717) is 19.3 Å². The molecule has 2 atom stereocenters. The molecule has 0 aromatic carbocycles. The van der Waals surface area contributed by atoms with Crippen LogP contribution in [0.2, 0.25) is 0 Å². The molecule has 0 rings (SSSR count). The maximum absolute atomic E-state index is 10.2. The second kappa shape index (κ2) is 5.09. The first kappa shape index (κ1) is 10.4. The number of carboxylic acids is 1. The van der Waals surface area contributed by atoms with Gasteiger partial charge in [0, 0.05) is 0 Å². The van der Waals surface area contributed by atoms with Gasteiger partial charge in [-0.3, -0.25) is 4.79 Å². The van der Waals surface area contributed by atoms with Gasteiger partial charge in [-0.1, -0.05) is 6.92 Å². The van der Waals surface area contributed by atoms with Crippen LogP contribution in [-0.2, 0) is 4.79 Å². The molecular formula is C7H15NO3. The van der Waals surface area contributed by atoms with E-state index in [4.69, 9.17) is 15.9 Å². The molecule has 4 N–H and O–H groups in total. The van der Waals surface area contributed by atoms with E-state index in [1.54, 1.807) is 0 Å². The van der Waals surface area contributed by atoms with E-state index < -0.39 is 18.1 Å². The van der Waals surface area contributed by atoms with Crippen LogP contribution < -0.4 is 5.73 Å². The minimum Gasteiger partial charge on any atom is -0.480 e. The number of rotatable bonds is 5. The zero-order chi connectivity index (χ0) is 8.85. The summed E-state index contributed by atoms with van der Waals surface area (Å²) in [6, 6.07) is -0.837. The molecular weight excluding hydrogens is 146 g/mol. The van der Waals surface area contributed by atoms with Crippen LogP contribution in [0.3, 0.4) is 0 Å². The fourth-order valence-electron chi connectivity index (χ4n) is 0.700. The van der Waals surface area contributed by atoms with Crippen LogP contribution in [0.1, 0.15) is 26.2 Å². The molecule has 0 radical (unpaired) electrons. The highest BCUT2D eigenvalue weighted by Crippen LogP contribution is 2.02. The smallest absolute Gasteiger partial charge is 0.320 e. The van der Waals surface area contributed by atoms with E-state index in [-0.39, 0.29) is 0 Å². The molecule has 0 fully saturated rings. The van der Waals surface area contributed by atoms with E-state index in [9.17, 15) is 4.79 Å². The number of hydrogen-bond acceptors (Lipinski definition) is 3. The number of aliphatic carboxylic acids is 1. The molecule has 0 aromatic rings. The van der Waals surface area contributed by atoms with Gasteiger partial charge in [-0.15, -0.1) is 0 Å². The summed E-state index contributed by atoms with van der Waals surface area (Å²) in [7, 11) is 0. The number of hydrogen-bond donors (Lipinski definition) is 3. The maximum atomic E-state index is 10.2. The Balaban J connectivity index is 3.45. The average molecular weight is 161 g/mol. The summed E-state index contributed by atoms with van der Waals surface area (Å²) < 4.78 is 0. The summed E-state index contributed by atoms with van der Waals surface area (Å²) in [4.78, 5) is 10.2. The first-order valence-corrected chi connectivity index (χ1v) is 3.74. The molecule has 0 unspecified atom stereocenters. The van der Waals surface area contributed by atoms with Crippen molar-refractivity contribution in [3.63, 3.8) is 0 Å². The highest BCUT2D eigenvalue weighted by atomic mass is 16.4. The van der Waals surface area contributed by atoms with Crippen LogP contribution in [0, 0.1) is 0 Å². The predicted molar refractivity (Wildman–Crippen MR) is 41.1 cm³/mol. The Labute approximate surface area is 66.0 Å². The second-order valence-electron chi connectivity index (χ2n) is 2.58. The van der Waals surface area contributed by atoms with Crippen LogP contribution in [0.5, 0.6) is 0 Å². The minimum absolute atomic E-state index is 0.338. The molecule has 0 saturated heterocycles. The van der Waals surface area contributed by atoms with Gasteiger partial charge in [0.2, 0.25) is 0 Å². The average Bonchev–Trinajstić information content (AvgIpc) is 1.99. The fourth-order valence-corrected chi connectivity index (χ4v) is 0.700.